The summed E-state index contributed by atoms with van der Waals surface area (Å²) in [5, 5.41) is 76.1. The summed E-state index contributed by atoms with van der Waals surface area (Å²) in [7, 11) is 0. The summed E-state index contributed by atoms with van der Waals surface area (Å²) in [5.41, 5.74) is 1.14. The Bertz CT molecular complexity index is 1830. The first-order valence-electron chi connectivity index (χ1n) is 17.6. The number of hydrogen-bond donors (Lipinski definition) is 7. The monoisotopic (exact) mass is 710 g/mol. The number of ketones is 1. The predicted octanol–water partition coefficient (Wildman–Crippen LogP) is 3.13. The van der Waals surface area contributed by atoms with Crippen LogP contribution in [0, 0.1) is 30.1 Å². The molecule has 3 heterocycles. The number of hydrogen-bond acceptors (Lipinski definition) is 12. The van der Waals surface area contributed by atoms with E-state index in [0.29, 0.717) is 26.1 Å². The van der Waals surface area contributed by atoms with Gasteiger partial charge in [0.2, 0.25) is 6.29 Å². The molecule has 2 aromatic carbocycles. The van der Waals surface area contributed by atoms with Crippen molar-refractivity contribution in [2.24, 2.45) is 23.2 Å². The summed E-state index contributed by atoms with van der Waals surface area (Å²) in [6.45, 7) is 5.57. The summed E-state index contributed by atoms with van der Waals surface area (Å²) in [4.78, 5) is 24.6. The molecular weight excluding hydrogens is 664 g/mol. The van der Waals surface area contributed by atoms with Gasteiger partial charge in [0.05, 0.1) is 36.3 Å². The second kappa shape index (κ2) is 13.1. The number of carboxylic acids is 1. The third-order valence-corrected chi connectivity index (χ3v) is 12.4. The number of allylic oxidation sites excluding steroid dienone is 2. The number of Topliss-reactive ketones (excluding diaryl/α,β-unsaturated/α-hetero) is 1. The number of phenolic OH excluding ortho intramolecular Hbond substituents is 2. The fourth-order valence-electron chi connectivity index (χ4n) is 9.99. The van der Waals surface area contributed by atoms with Gasteiger partial charge in [0.25, 0.3) is 0 Å². The molecule has 2 aliphatic carbocycles. The van der Waals surface area contributed by atoms with E-state index in [-0.39, 0.29) is 76.0 Å². The number of aromatic carboxylic acids is 1. The maximum atomic E-state index is 12.5. The number of aliphatic hydroxyl groups is 4. The van der Waals surface area contributed by atoms with Crippen LogP contribution in [-0.4, -0.2) is 111 Å². The van der Waals surface area contributed by atoms with Gasteiger partial charge in [0, 0.05) is 29.6 Å². The molecule has 7 rings (SSSR count). The zero-order chi connectivity index (χ0) is 36.6. The molecule has 0 radical (unpaired) electrons. The van der Waals surface area contributed by atoms with Crippen molar-refractivity contribution in [1.82, 2.24) is 0 Å². The number of ether oxygens (including phenoxy) is 4. The molecule has 1 spiro atoms. The number of carbonyl (C=O) groups is 2. The Morgan fingerprint density at radius 3 is 2.57 bits per heavy atom. The molecule has 2 aromatic rings. The molecule has 9 atom stereocenters. The summed E-state index contributed by atoms with van der Waals surface area (Å²) in [6, 6.07) is 2.19. The van der Waals surface area contributed by atoms with E-state index in [4.69, 9.17) is 18.9 Å². The minimum absolute atomic E-state index is 0.0417. The van der Waals surface area contributed by atoms with Crippen molar-refractivity contribution in [2.45, 2.75) is 83.1 Å². The maximum absolute atomic E-state index is 12.5. The zero-order valence-electron chi connectivity index (χ0n) is 28.9. The van der Waals surface area contributed by atoms with Gasteiger partial charge in [-0.3, -0.25) is 4.79 Å². The minimum Gasteiger partial charge on any atom is -0.507 e. The van der Waals surface area contributed by atoms with Crippen molar-refractivity contribution in [2.75, 3.05) is 33.0 Å². The number of benzene rings is 2. The van der Waals surface area contributed by atoms with Crippen molar-refractivity contribution in [1.29, 1.82) is 0 Å². The second-order valence-electron chi connectivity index (χ2n) is 14.9. The van der Waals surface area contributed by atoms with Gasteiger partial charge in [-0.25, -0.2) is 4.79 Å². The van der Waals surface area contributed by atoms with Crippen LogP contribution in [0.5, 0.6) is 17.2 Å². The average Bonchev–Trinajstić information content (AvgIpc) is 3.47. The van der Waals surface area contributed by atoms with E-state index in [1.807, 2.05) is 0 Å². The second-order valence-corrected chi connectivity index (χ2v) is 14.9. The van der Waals surface area contributed by atoms with Crippen molar-refractivity contribution >= 4 is 22.5 Å². The molecule has 1 saturated carbocycles. The quantitative estimate of drug-likeness (QED) is 0.155. The van der Waals surface area contributed by atoms with E-state index >= 15 is 0 Å². The Kier molecular flexibility index (Phi) is 9.23. The molecule has 0 bridgehead atoms. The highest BCUT2D eigenvalue weighted by Gasteiger charge is 2.63. The Balaban J connectivity index is 1.25. The van der Waals surface area contributed by atoms with Gasteiger partial charge in [0.1, 0.15) is 41.2 Å². The van der Waals surface area contributed by atoms with E-state index in [1.165, 1.54) is 25.0 Å². The van der Waals surface area contributed by atoms with Crippen molar-refractivity contribution in [3.05, 3.63) is 51.6 Å². The molecule has 2 saturated heterocycles. The Morgan fingerprint density at radius 2 is 1.88 bits per heavy atom. The highest BCUT2D eigenvalue weighted by atomic mass is 16.7. The summed E-state index contributed by atoms with van der Waals surface area (Å²) in [6.07, 6.45) is -0.944. The predicted molar refractivity (Wildman–Crippen MR) is 181 cm³/mol. The van der Waals surface area contributed by atoms with Crippen molar-refractivity contribution < 1.29 is 64.3 Å². The number of carboxylic acid groups (broad SMARTS) is 1. The number of phenols is 2. The normalized spacial score (nSPS) is 34.6. The van der Waals surface area contributed by atoms with Crippen LogP contribution in [0.4, 0.5) is 0 Å². The highest BCUT2D eigenvalue weighted by molar-refractivity contribution is 6.11. The fourth-order valence-corrected chi connectivity index (χ4v) is 9.99. The molecule has 51 heavy (non-hydrogen) atoms. The van der Waals surface area contributed by atoms with Crippen molar-refractivity contribution in [3.63, 3.8) is 0 Å². The standard InChI is InChI=1S/C38H46O13/c1-17-23-13-38(49-15-20-5-6-25(29(20)23)37(8-4-9-39)16-48-10-7-24(17)37)27(14-40)51-36(33(44)34(38)45)50-26-12-21(35(46)47)11-22-30(26)32(43)28(19(3)41)18(2)31(22)42/h6,11-12,17,23-24,27,33-34,36,39-40,42-45H,4-5,7-10,13-16H2,1-3H3,(H,46,47). The SMILES string of the molecule is CC(=O)c1c(C)c(O)c2cc(C(=O)O)cc(OC3OC(CO)C4(CC5C6=C(CC=C6C6(CCCO)COCCC6C5C)CO4)C(O)C3O)c2c1O. The van der Waals surface area contributed by atoms with E-state index in [1.54, 1.807) is 0 Å². The topological polar surface area (TPSA) is 213 Å². The first-order chi connectivity index (χ1) is 24.3. The van der Waals surface area contributed by atoms with Crippen LogP contribution in [0.1, 0.15) is 72.2 Å². The van der Waals surface area contributed by atoms with Gasteiger partial charge in [0.15, 0.2) is 5.78 Å². The van der Waals surface area contributed by atoms with Crippen LogP contribution >= 0.6 is 0 Å². The molecule has 13 nitrogen and oxygen atoms in total. The van der Waals surface area contributed by atoms with Crippen molar-refractivity contribution in [3.8, 4) is 17.2 Å². The van der Waals surface area contributed by atoms with Gasteiger partial charge < -0.3 is 54.7 Å². The van der Waals surface area contributed by atoms with Crippen LogP contribution < -0.4 is 4.74 Å². The lowest BCUT2D eigenvalue weighted by molar-refractivity contribution is -0.325. The molecule has 9 unspecified atom stereocenters. The molecular formula is C38H46O13. The maximum Gasteiger partial charge on any atom is 0.335 e. The Morgan fingerprint density at radius 1 is 1.12 bits per heavy atom. The molecule has 5 aliphatic rings. The Hall–Kier alpha value is -3.56. The first-order valence-corrected chi connectivity index (χ1v) is 17.6. The highest BCUT2D eigenvalue weighted by Crippen LogP contribution is 2.63. The number of aromatic hydroxyl groups is 2. The third kappa shape index (κ3) is 5.31. The third-order valence-electron chi connectivity index (χ3n) is 12.4. The van der Waals surface area contributed by atoms with Crippen LogP contribution in [0.15, 0.2) is 34.9 Å². The molecule has 7 N–H and O–H groups in total. The number of carbonyl (C=O) groups excluding carboxylic acids is 1. The van der Waals surface area contributed by atoms with Crippen LogP contribution in [-0.2, 0) is 14.2 Å². The van der Waals surface area contributed by atoms with E-state index < -0.39 is 60.1 Å². The average molecular weight is 711 g/mol. The molecule has 13 heteroatoms. The fraction of sp³-hybridized carbons (Fsp3) is 0.579. The van der Waals surface area contributed by atoms with Gasteiger partial charge in [-0.15, -0.1) is 0 Å². The molecule has 0 aromatic heterocycles. The number of fused-ring (bicyclic) bond motifs is 3. The summed E-state index contributed by atoms with van der Waals surface area (Å²) < 4.78 is 24.9. The lowest BCUT2D eigenvalue weighted by atomic mass is 9.51. The first kappa shape index (κ1) is 35.8. The summed E-state index contributed by atoms with van der Waals surface area (Å²) >= 11 is 0. The van der Waals surface area contributed by atoms with E-state index in [2.05, 4.69) is 13.0 Å². The van der Waals surface area contributed by atoms with E-state index in [9.17, 15) is 45.3 Å². The van der Waals surface area contributed by atoms with Gasteiger partial charge in [-0.05, 0) is 92.6 Å². The molecule has 276 valence electrons. The van der Waals surface area contributed by atoms with Crippen LogP contribution in [0.2, 0.25) is 0 Å². The van der Waals surface area contributed by atoms with Crippen LogP contribution in [0.25, 0.3) is 10.8 Å². The van der Waals surface area contributed by atoms with Crippen LogP contribution in [0.3, 0.4) is 0 Å². The molecule has 0 amide bonds. The lowest BCUT2D eigenvalue weighted by Gasteiger charge is -2.57. The number of aliphatic hydroxyl groups excluding tert-OH is 4. The minimum atomic E-state index is -1.78. The van der Waals surface area contributed by atoms with Gasteiger partial charge in [-0.2, -0.15) is 0 Å². The van der Waals surface area contributed by atoms with Gasteiger partial charge >= 0.3 is 5.97 Å². The Labute approximate surface area is 294 Å². The number of rotatable bonds is 8. The smallest absolute Gasteiger partial charge is 0.335 e. The zero-order valence-corrected chi connectivity index (χ0v) is 28.9. The van der Waals surface area contributed by atoms with Gasteiger partial charge in [-0.1, -0.05) is 13.0 Å². The lowest BCUT2D eigenvalue weighted by Crippen LogP contribution is -2.69. The summed E-state index contributed by atoms with van der Waals surface area (Å²) in [5.74, 6) is -3.05. The largest absolute Gasteiger partial charge is 0.507 e. The molecule has 3 fully saturated rings. The van der Waals surface area contributed by atoms with E-state index in [0.717, 1.165) is 30.5 Å². The molecule has 3 aliphatic heterocycles.